The summed E-state index contributed by atoms with van der Waals surface area (Å²) in [5.41, 5.74) is 2.11. The number of hydrogen-bond acceptors (Lipinski definition) is 4. The molecule has 0 saturated heterocycles. The molecule has 0 radical (unpaired) electrons. The Balaban J connectivity index is 1.75. The molecule has 0 aliphatic rings. The lowest BCUT2D eigenvalue weighted by Crippen LogP contribution is -1.98. The molecule has 3 rings (SSSR count). The van der Waals surface area contributed by atoms with Crippen LogP contribution in [0.2, 0.25) is 0 Å². The van der Waals surface area contributed by atoms with E-state index in [0.29, 0.717) is 6.42 Å². The van der Waals surface area contributed by atoms with Gasteiger partial charge < -0.3 is 5.11 Å². The lowest BCUT2D eigenvalue weighted by molar-refractivity contribution is 0.182. The molecule has 96 valence electrons. The monoisotopic (exact) mass is 287 g/mol. The van der Waals surface area contributed by atoms with Crippen LogP contribution in [0.5, 0.6) is 0 Å². The van der Waals surface area contributed by atoms with Crippen molar-refractivity contribution in [2.45, 2.75) is 12.5 Å². The highest BCUT2D eigenvalue weighted by molar-refractivity contribution is 7.10. The van der Waals surface area contributed by atoms with E-state index in [1.807, 2.05) is 41.1 Å². The molecule has 0 spiro atoms. The molecule has 0 bridgehead atoms. The summed E-state index contributed by atoms with van der Waals surface area (Å²) in [6.45, 7) is 0. The van der Waals surface area contributed by atoms with Crippen LogP contribution in [0, 0.1) is 0 Å². The van der Waals surface area contributed by atoms with E-state index in [1.54, 1.807) is 22.7 Å². The summed E-state index contributed by atoms with van der Waals surface area (Å²) in [5.74, 6) is 0. The van der Waals surface area contributed by atoms with Crippen molar-refractivity contribution in [3.63, 3.8) is 0 Å². The van der Waals surface area contributed by atoms with Crippen molar-refractivity contribution in [1.29, 1.82) is 0 Å². The van der Waals surface area contributed by atoms with E-state index in [-0.39, 0.29) is 0 Å². The molecule has 0 aliphatic heterocycles. The zero-order valence-corrected chi connectivity index (χ0v) is 11.8. The van der Waals surface area contributed by atoms with Crippen LogP contribution >= 0.6 is 22.7 Å². The third kappa shape index (κ3) is 2.92. The molecule has 3 aromatic rings. The van der Waals surface area contributed by atoms with Crippen molar-refractivity contribution < 1.29 is 5.11 Å². The molecule has 4 heteroatoms. The van der Waals surface area contributed by atoms with Crippen molar-refractivity contribution in [3.05, 3.63) is 63.1 Å². The van der Waals surface area contributed by atoms with Gasteiger partial charge in [-0.1, -0.05) is 36.4 Å². The predicted octanol–water partition coefficient (Wildman–Crippen LogP) is 4.15. The van der Waals surface area contributed by atoms with Gasteiger partial charge in [0.1, 0.15) is 0 Å². The van der Waals surface area contributed by atoms with Crippen LogP contribution in [0.15, 0.2) is 53.2 Å². The zero-order valence-electron chi connectivity index (χ0n) is 10.2. The minimum atomic E-state index is -0.449. The molecule has 0 amide bonds. The summed E-state index contributed by atoms with van der Waals surface area (Å²) in [6, 6.07) is 14.0. The van der Waals surface area contributed by atoms with Gasteiger partial charge >= 0.3 is 0 Å². The summed E-state index contributed by atoms with van der Waals surface area (Å²) in [5, 5.41) is 15.1. The van der Waals surface area contributed by atoms with Crippen LogP contribution in [-0.2, 0) is 6.42 Å². The normalized spacial score (nSPS) is 12.5. The maximum atomic E-state index is 10.1. The van der Waals surface area contributed by atoms with E-state index >= 15 is 0 Å². The van der Waals surface area contributed by atoms with Crippen molar-refractivity contribution >= 4 is 22.7 Å². The maximum Gasteiger partial charge on any atom is 0.0962 e. The molecule has 1 atom stereocenters. The molecule has 0 saturated carbocycles. The van der Waals surface area contributed by atoms with Crippen LogP contribution in [0.3, 0.4) is 0 Å². The van der Waals surface area contributed by atoms with E-state index in [4.69, 9.17) is 0 Å². The summed E-state index contributed by atoms with van der Waals surface area (Å²) < 4.78 is 0. The molecule has 2 heterocycles. The predicted molar refractivity (Wildman–Crippen MR) is 80.5 cm³/mol. The third-order valence-electron chi connectivity index (χ3n) is 2.86. The van der Waals surface area contributed by atoms with Gasteiger partial charge in [-0.15, -0.1) is 22.7 Å². The summed E-state index contributed by atoms with van der Waals surface area (Å²) in [4.78, 5) is 5.59. The average Bonchev–Trinajstić information content (AvgIpc) is 3.11. The van der Waals surface area contributed by atoms with Gasteiger partial charge in [0.25, 0.3) is 0 Å². The van der Waals surface area contributed by atoms with Gasteiger partial charge in [0, 0.05) is 22.2 Å². The highest BCUT2D eigenvalue weighted by atomic mass is 32.1. The van der Waals surface area contributed by atoms with Crippen LogP contribution in [0.25, 0.3) is 11.3 Å². The van der Waals surface area contributed by atoms with Gasteiger partial charge in [0.05, 0.1) is 16.8 Å². The molecule has 0 fully saturated rings. The molecule has 1 unspecified atom stereocenters. The van der Waals surface area contributed by atoms with Crippen molar-refractivity contribution in [2.24, 2.45) is 0 Å². The Labute approximate surface area is 120 Å². The number of thiazole rings is 1. The van der Waals surface area contributed by atoms with E-state index in [1.165, 1.54) is 0 Å². The Morgan fingerprint density at radius 1 is 1.05 bits per heavy atom. The minimum absolute atomic E-state index is 0.449. The second-order valence-corrected chi connectivity index (χ2v) is 6.15. The van der Waals surface area contributed by atoms with Gasteiger partial charge in [-0.3, -0.25) is 0 Å². The summed E-state index contributed by atoms with van der Waals surface area (Å²) >= 11 is 3.18. The first-order valence-electron chi connectivity index (χ1n) is 6.04. The highest BCUT2D eigenvalue weighted by Crippen LogP contribution is 2.27. The highest BCUT2D eigenvalue weighted by Gasteiger charge is 2.12. The molecule has 0 aliphatic carbocycles. The first kappa shape index (κ1) is 12.5. The van der Waals surface area contributed by atoms with Crippen LogP contribution in [-0.4, -0.2) is 10.1 Å². The molecule has 19 heavy (non-hydrogen) atoms. The standard InChI is InChI=1S/C15H13NOS2/c17-13(14-7-4-8-18-14)9-15-16-12(10-19-15)11-5-2-1-3-6-11/h1-8,10,13,17H,9H2. The van der Waals surface area contributed by atoms with Gasteiger partial charge in [-0.05, 0) is 11.4 Å². The van der Waals surface area contributed by atoms with Crippen molar-refractivity contribution in [3.8, 4) is 11.3 Å². The molecule has 1 aromatic carbocycles. The minimum Gasteiger partial charge on any atom is -0.387 e. The molecule has 2 nitrogen and oxygen atoms in total. The van der Waals surface area contributed by atoms with E-state index < -0.39 is 6.10 Å². The second-order valence-electron chi connectivity index (χ2n) is 4.23. The Hall–Kier alpha value is -1.49. The number of aliphatic hydroxyl groups excluding tert-OH is 1. The first-order valence-corrected chi connectivity index (χ1v) is 7.80. The quantitative estimate of drug-likeness (QED) is 0.782. The molecular formula is C15H13NOS2. The van der Waals surface area contributed by atoms with E-state index in [2.05, 4.69) is 17.1 Å². The Bertz CT molecular complexity index is 631. The van der Waals surface area contributed by atoms with Gasteiger partial charge in [-0.2, -0.15) is 0 Å². The Morgan fingerprint density at radius 2 is 1.89 bits per heavy atom. The number of benzene rings is 1. The lowest BCUT2D eigenvalue weighted by Gasteiger charge is -2.05. The fourth-order valence-electron chi connectivity index (χ4n) is 1.89. The summed E-state index contributed by atoms with van der Waals surface area (Å²) in [6.07, 6.45) is 0.132. The summed E-state index contributed by atoms with van der Waals surface area (Å²) in [7, 11) is 0. The topological polar surface area (TPSA) is 33.1 Å². The number of aromatic nitrogens is 1. The fourth-order valence-corrected chi connectivity index (χ4v) is 3.45. The van der Waals surface area contributed by atoms with Gasteiger partial charge in [-0.25, -0.2) is 4.98 Å². The van der Waals surface area contributed by atoms with Crippen LogP contribution in [0.1, 0.15) is 16.0 Å². The average molecular weight is 287 g/mol. The maximum absolute atomic E-state index is 10.1. The third-order valence-corrected chi connectivity index (χ3v) is 4.71. The van der Waals surface area contributed by atoms with Crippen LogP contribution < -0.4 is 0 Å². The van der Waals surface area contributed by atoms with Crippen molar-refractivity contribution in [1.82, 2.24) is 4.98 Å². The Kier molecular flexibility index (Phi) is 3.73. The van der Waals surface area contributed by atoms with E-state index in [0.717, 1.165) is 21.1 Å². The number of rotatable bonds is 4. The smallest absolute Gasteiger partial charge is 0.0962 e. The molecule has 1 N–H and O–H groups in total. The largest absolute Gasteiger partial charge is 0.387 e. The number of hydrogen-bond donors (Lipinski definition) is 1. The van der Waals surface area contributed by atoms with E-state index in [9.17, 15) is 5.11 Å². The Morgan fingerprint density at radius 3 is 2.63 bits per heavy atom. The SMILES string of the molecule is OC(Cc1nc(-c2ccccc2)cs1)c1cccs1. The molecular weight excluding hydrogens is 274 g/mol. The number of thiophene rings is 1. The van der Waals surface area contributed by atoms with Gasteiger partial charge in [0.2, 0.25) is 0 Å². The first-order chi connectivity index (χ1) is 9.33. The molecule has 2 aromatic heterocycles. The lowest BCUT2D eigenvalue weighted by atomic mass is 10.2. The van der Waals surface area contributed by atoms with Crippen molar-refractivity contribution in [2.75, 3.05) is 0 Å². The zero-order chi connectivity index (χ0) is 13.1. The van der Waals surface area contributed by atoms with Gasteiger partial charge in [0.15, 0.2) is 0 Å². The fraction of sp³-hybridized carbons (Fsp3) is 0.133. The number of nitrogens with zero attached hydrogens (tertiary/aromatic N) is 1. The number of aliphatic hydroxyl groups is 1. The van der Waals surface area contributed by atoms with Crippen LogP contribution in [0.4, 0.5) is 0 Å². The second kappa shape index (κ2) is 5.65.